The van der Waals surface area contributed by atoms with E-state index in [0.717, 1.165) is 27.4 Å². The molecule has 0 radical (unpaired) electrons. The topological polar surface area (TPSA) is 60.3 Å². The number of ether oxygens (including phenoxy) is 1. The van der Waals surface area contributed by atoms with Crippen LogP contribution in [0, 0.1) is 0 Å². The van der Waals surface area contributed by atoms with Gasteiger partial charge in [-0.05, 0) is 30.2 Å². The quantitative estimate of drug-likeness (QED) is 0.912. The highest BCUT2D eigenvalue weighted by atomic mass is 79.9. The van der Waals surface area contributed by atoms with E-state index in [4.69, 9.17) is 4.74 Å². The predicted octanol–water partition coefficient (Wildman–Crippen LogP) is 1.98. The minimum Gasteiger partial charge on any atom is -0.375 e. The Labute approximate surface area is 124 Å². The Balaban J connectivity index is 2.34. The Morgan fingerprint density at radius 3 is 3.05 bits per heavy atom. The smallest absolute Gasteiger partial charge is 0.268 e. The molecule has 0 saturated heterocycles. The van der Waals surface area contributed by atoms with Crippen LogP contribution >= 0.6 is 15.9 Å². The number of carbonyl (C=O) groups excluding carboxylic acids is 2. The summed E-state index contributed by atoms with van der Waals surface area (Å²) in [5, 5.41) is 3.73. The van der Waals surface area contributed by atoms with E-state index in [-0.39, 0.29) is 18.4 Å². The van der Waals surface area contributed by atoms with Crippen molar-refractivity contribution in [2.24, 2.45) is 0 Å². The van der Waals surface area contributed by atoms with E-state index < -0.39 is 0 Å². The molecule has 5 nitrogen and oxygen atoms in total. The number of aromatic nitrogens is 1. The lowest BCUT2D eigenvalue weighted by Crippen LogP contribution is -2.35. The van der Waals surface area contributed by atoms with Crippen molar-refractivity contribution in [1.82, 2.24) is 9.88 Å². The second-order valence-corrected chi connectivity index (χ2v) is 5.57. The first-order chi connectivity index (χ1) is 9.63. The normalized spacial score (nSPS) is 14.2. The molecule has 0 spiro atoms. The number of hydrogen-bond acceptors (Lipinski definition) is 3. The van der Waals surface area contributed by atoms with Crippen molar-refractivity contribution in [3.05, 3.63) is 33.9 Å². The highest BCUT2D eigenvalue weighted by molar-refractivity contribution is 9.10. The lowest BCUT2D eigenvalue weighted by atomic mass is 10.0. The molecule has 2 heterocycles. The first kappa shape index (κ1) is 13.3. The molecular formula is C14H13BrN2O3. The summed E-state index contributed by atoms with van der Waals surface area (Å²) in [5.74, 6) is -0.443. The van der Waals surface area contributed by atoms with E-state index in [0.29, 0.717) is 12.2 Å². The Hall–Kier alpha value is -1.66. The molecule has 0 aliphatic carbocycles. The molecule has 1 aliphatic rings. The summed E-state index contributed by atoms with van der Waals surface area (Å²) in [5.41, 5.74) is 2.11. The van der Waals surface area contributed by atoms with E-state index in [1.807, 2.05) is 18.2 Å². The molecule has 1 amide bonds. The van der Waals surface area contributed by atoms with Gasteiger partial charge >= 0.3 is 0 Å². The Morgan fingerprint density at radius 1 is 1.50 bits per heavy atom. The predicted molar refractivity (Wildman–Crippen MR) is 78.2 cm³/mol. The first-order valence-electron chi connectivity index (χ1n) is 6.26. The zero-order valence-electron chi connectivity index (χ0n) is 10.9. The summed E-state index contributed by atoms with van der Waals surface area (Å²) in [6, 6.07) is 5.66. The monoisotopic (exact) mass is 336 g/mol. The molecule has 20 heavy (non-hydrogen) atoms. The number of carbonyl (C=O) groups is 2. The molecule has 3 rings (SSSR count). The summed E-state index contributed by atoms with van der Waals surface area (Å²) in [4.78, 5) is 24.4. The van der Waals surface area contributed by atoms with Crippen molar-refractivity contribution in [3.8, 4) is 0 Å². The van der Waals surface area contributed by atoms with Gasteiger partial charge in [-0.15, -0.1) is 0 Å². The molecular weight excluding hydrogens is 324 g/mol. The molecule has 2 aromatic rings. The van der Waals surface area contributed by atoms with Crippen LogP contribution in [0.1, 0.15) is 20.8 Å². The van der Waals surface area contributed by atoms with Crippen LogP contribution in [0.4, 0.5) is 0 Å². The van der Waals surface area contributed by atoms with Crippen molar-refractivity contribution in [1.29, 1.82) is 0 Å². The van der Waals surface area contributed by atoms with Crippen molar-refractivity contribution in [2.45, 2.75) is 6.42 Å². The standard InChI is InChI=1S/C14H13BrN2O3/c1-20-7-12(18)17-11-3-2-8(15)6-10(11)9-4-5-16-14(19)13(9)17/h2-3,6H,4-5,7H2,1H3,(H,16,19). The van der Waals surface area contributed by atoms with Crippen LogP contribution < -0.4 is 5.32 Å². The van der Waals surface area contributed by atoms with Crippen molar-refractivity contribution >= 4 is 38.6 Å². The molecule has 1 aromatic carbocycles. The van der Waals surface area contributed by atoms with Gasteiger partial charge in [0.25, 0.3) is 11.8 Å². The van der Waals surface area contributed by atoms with Gasteiger partial charge in [-0.1, -0.05) is 15.9 Å². The molecule has 104 valence electrons. The number of hydrogen-bond donors (Lipinski definition) is 1. The second-order valence-electron chi connectivity index (χ2n) is 4.66. The van der Waals surface area contributed by atoms with Crippen LogP contribution in [0.15, 0.2) is 22.7 Å². The maximum atomic E-state index is 12.3. The summed E-state index contributed by atoms with van der Waals surface area (Å²) in [6.07, 6.45) is 0.724. The largest absolute Gasteiger partial charge is 0.375 e. The minimum absolute atomic E-state index is 0.0560. The molecule has 0 bridgehead atoms. The van der Waals surface area contributed by atoms with Gasteiger partial charge in [-0.2, -0.15) is 0 Å². The number of methoxy groups -OCH3 is 1. The number of rotatable bonds is 2. The summed E-state index contributed by atoms with van der Waals surface area (Å²) < 4.78 is 7.31. The van der Waals surface area contributed by atoms with Crippen molar-refractivity contribution in [3.63, 3.8) is 0 Å². The minimum atomic E-state index is -0.238. The Bertz CT molecular complexity index is 721. The molecule has 0 atom stereocenters. The maximum absolute atomic E-state index is 12.3. The third kappa shape index (κ3) is 1.96. The van der Waals surface area contributed by atoms with Crippen LogP contribution in [0.2, 0.25) is 0 Å². The number of amides is 1. The van der Waals surface area contributed by atoms with Crippen LogP contribution in [0.5, 0.6) is 0 Å². The molecule has 0 saturated carbocycles. The van der Waals surface area contributed by atoms with Gasteiger partial charge in [-0.25, -0.2) is 0 Å². The van der Waals surface area contributed by atoms with Crippen LogP contribution in [0.3, 0.4) is 0 Å². The van der Waals surface area contributed by atoms with E-state index >= 15 is 0 Å². The van der Waals surface area contributed by atoms with Crippen LogP contribution in [-0.2, 0) is 11.2 Å². The Morgan fingerprint density at radius 2 is 2.30 bits per heavy atom. The molecule has 6 heteroatoms. The zero-order chi connectivity index (χ0) is 14.3. The molecule has 1 aromatic heterocycles. The average Bonchev–Trinajstić information content (AvgIpc) is 2.74. The fraction of sp³-hybridized carbons (Fsp3) is 0.286. The maximum Gasteiger partial charge on any atom is 0.268 e. The molecule has 0 fully saturated rings. The van der Waals surface area contributed by atoms with Gasteiger partial charge in [0, 0.05) is 23.5 Å². The second kappa shape index (κ2) is 5.03. The third-order valence-electron chi connectivity index (χ3n) is 3.43. The number of nitrogens with zero attached hydrogens (tertiary/aromatic N) is 1. The van der Waals surface area contributed by atoms with Gasteiger partial charge in [0.2, 0.25) is 0 Å². The summed E-state index contributed by atoms with van der Waals surface area (Å²) >= 11 is 3.43. The van der Waals surface area contributed by atoms with Gasteiger partial charge in [-0.3, -0.25) is 14.2 Å². The van der Waals surface area contributed by atoms with Gasteiger partial charge < -0.3 is 10.1 Å². The van der Waals surface area contributed by atoms with E-state index in [2.05, 4.69) is 21.2 Å². The SMILES string of the molecule is COCC(=O)n1c2c(c3cc(Br)ccc31)CCNC2=O. The third-order valence-corrected chi connectivity index (χ3v) is 3.92. The number of fused-ring (bicyclic) bond motifs is 3. The Kier molecular flexibility index (Phi) is 3.35. The van der Waals surface area contributed by atoms with E-state index in [9.17, 15) is 9.59 Å². The first-order valence-corrected chi connectivity index (χ1v) is 7.06. The van der Waals surface area contributed by atoms with Gasteiger partial charge in [0.15, 0.2) is 0 Å². The lowest BCUT2D eigenvalue weighted by molar-refractivity contribution is 0.0750. The number of halogens is 1. The highest BCUT2D eigenvalue weighted by Gasteiger charge is 2.28. The highest BCUT2D eigenvalue weighted by Crippen LogP contribution is 2.30. The van der Waals surface area contributed by atoms with E-state index in [1.165, 1.54) is 11.7 Å². The van der Waals surface area contributed by atoms with Gasteiger partial charge in [0.1, 0.15) is 12.3 Å². The molecule has 1 aliphatic heterocycles. The van der Waals surface area contributed by atoms with Crippen LogP contribution in [-0.4, -0.2) is 36.6 Å². The van der Waals surface area contributed by atoms with Crippen molar-refractivity contribution in [2.75, 3.05) is 20.3 Å². The zero-order valence-corrected chi connectivity index (χ0v) is 12.5. The fourth-order valence-electron chi connectivity index (χ4n) is 2.65. The van der Waals surface area contributed by atoms with Crippen LogP contribution in [0.25, 0.3) is 10.9 Å². The summed E-state index contributed by atoms with van der Waals surface area (Å²) in [7, 11) is 1.46. The number of nitrogens with one attached hydrogen (secondary N) is 1. The van der Waals surface area contributed by atoms with Gasteiger partial charge in [0.05, 0.1) is 5.52 Å². The van der Waals surface area contributed by atoms with E-state index in [1.54, 1.807) is 0 Å². The molecule has 0 unspecified atom stereocenters. The molecule has 1 N–H and O–H groups in total. The van der Waals surface area contributed by atoms with Crippen molar-refractivity contribution < 1.29 is 14.3 Å². The summed E-state index contributed by atoms with van der Waals surface area (Å²) in [6.45, 7) is 0.537. The average molecular weight is 337 g/mol. The lowest BCUT2D eigenvalue weighted by Gasteiger charge is -2.15. The number of benzene rings is 1. The fourth-order valence-corrected chi connectivity index (χ4v) is 3.01.